The Balaban J connectivity index is 2.30. The molecule has 0 aliphatic carbocycles. The zero-order chi connectivity index (χ0) is 13.8. The SMILES string of the molecule is CC(=O)C1(C)c2cccc3c2N(CCC3)CC1(C)C. The summed E-state index contributed by atoms with van der Waals surface area (Å²) in [4.78, 5) is 14.9. The highest BCUT2D eigenvalue weighted by Crippen LogP contribution is 2.52. The Kier molecular flexibility index (Phi) is 2.57. The van der Waals surface area contributed by atoms with Gasteiger partial charge in [-0.25, -0.2) is 0 Å². The van der Waals surface area contributed by atoms with Crippen molar-refractivity contribution in [1.82, 2.24) is 0 Å². The summed E-state index contributed by atoms with van der Waals surface area (Å²) in [5.74, 6) is 0.288. The summed E-state index contributed by atoms with van der Waals surface area (Å²) in [6.07, 6.45) is 2.37. The van der Waals surface area contributed by atoms with Gasteiger partial charge in [0.1, 0.15) is 5.78 Å². The summed E-state index contributed by atoms with van der Waals surface area (Å²) >= 11 is 0. The molecule has 2 aliphatic heterocycles. The highest BCUT2D eigenvalue weighted by Gasteiger charge is 2.52. The van der Waals surface area contributed by atoms with Crippen LogP contribution in [0.1, 0.15) is 45.2 Å². The van der Waals surface area contributed by atoms with E-state index in [-0.39, 0.29) is 16.6 Å². The third-order valence-electron chi connectivity index (χ3n) is 5.49. The normalized spacial score (nSPS) is 27.9. The first-order chi connectivity index (χ1) is 8.88. The number of Topliss-reactive ketones (excluding diaryl/α,β-unsaturated/α-hetero) is 1. The summed E-state index contributed by atoms with van der Waals surface area (Å²) in [5, 5.41) is 0. The number of carbonyl (C=O) groups is 1. The molecule has 2 nitrogen and oxygen atoms in total. The lowest BCUT2D eigenvalue weighted by atomic mass is 9.57. The molecule has 0 bridgehead atoms. The number of para-hydroxylation sites is 1. The van der Waals surface area contributed by atoms with Crippen molar-refractivity contribution >= 4 is 11.5 Å². The Morgan fingerprint density at radius 2 is 2.00 bits per heavy atom. The van der Waals surface area contributed by atoms with Crippen molar-refractivity contribution in [3.8, 4) is 0 Å². The fourth-order valence-corrected chi connectivity index (χ4v) is 3.97. The van der Waals surface area contributed by atoms with Gasteiger partial charge in [0.15, 0.2) is 0 Å². The summed E-state index contributed by atoms with van der Waals surface area (Å²) < 4.78 is 0. The van der Waals surface area contributed by atoms with E-state index >= 15 is 0 Å². The smallest absolute Gasteiger partial charge is 0.140 e. The van der Waals surface area contributed by atoms with Crippen LogP contribution in [0.25, 0.3) is 0 Å². The van der Waals surface area contributed by atoms with E-state index in [1.165, 1.54) is 23.2 Å². The number of hydrogen-bond donors (Lipinski definition) is 0. The molecule has 3 rings (SSSR count). The Labute approximate surface area is 115 Å². The van der Waals surface area contributed by atoms with E-state index in [0.29, 0.717) is 0 Å². The molecule has 0 saturated heterocycles. The number of nitrogens with zero attached hydrogens (tertiary/aromatic N) is 1. The minimum absolute atomic E-state index is 0.0260. The molecular formula is C17H23NO. The Bertz CT molecular complexity index is 546. The van der Waals surface area contributed by atoms with Gasteiger partial charge in [0.05, 0.1) is 5.41 Å². The molecule has 0 spiro atoms. The van der Waals surface area contributed by atoms with Crippen molar-refractivity contribution in [3.05, 3.63) is 29.3 Å². The van der Waals surface area contributed by atoms with Crippen LogP contribution >= 0.6 is 0 Å². The van der Waals surface area contributed by atoms with Crippen molar-refractivity contribution in [2.24, 2.45) is 5.41 Å². The number of benzene rings is 1. The molecule has 1 aromatic carbocycles. The summed E-state index contributed by atoms with van der Waals surface area (Å²) in [5.41, 5.74) is 3.62. The predicted octanol–water partition coefficient (Wildman–Crippen LogP) is 3.33. The van der Waals surface area contributed by atoms with Crippen molar-refractivity contribution in [1.29, 1.82) is 0 Å². The third kappa shape index (κ3) is 1.52. The van der Waals surface area contributed by atoms with Gasteiger partial charge in [-0.05, 0) is 43.2 Å². The number of aryl methyl sites for hydroxylation is 1. The minimum Gasteiger partial charge on any atom is -0.370 e. The molecule has 0 fully saturated rings. The van der Waals surface area contributed by atoms with Gasteiger partial charge in [-0.15, -0.1) is 0 Å². The van der Waals surface area contributed by atoms with Crippen molar-refractivity contribution in [3.63, 3.8) is 0 Å². The molecule has 0 amide bonds. The van der Waals surface area contributed by atoms with Gasteiger partial charge in [0.25, 0.3) is 0 Å². The molecule has 0 N–H and O–H groups in total. The fraction of sp³-hybridized carbons (Fsp3) is 0.588. The molecule has 2 heteroatoms. The second kappa shape index (κ2) is 3.84. The van der Waals surface area contributed by atoms with Crippen LogP contribution < -0.4 is 4.90 Å². The second-order valence-electron chi connectivity index (χ2n) is 6.90. The first kappa shape index (κ1) is 12.7. The van der Waals surface area contributed by atoms with Crippen LogP contribution in [0, 0.1) is 5.41 Å². The molecule has 102 valence electrons. The molecule has 2 aliphatic rings. The van der Waals surface area contributed by atoms with E-state index in [1.807, 2.05) is 0 Å². The molecule has 0 saturated carbocycles. The maximum absolute atomic E-state index is 12.4. The highest BCUT2D eigenvalue weighted by molar-refractivity contribution is 5.92. The number of carbonyl (C=O) groups excluding carboxylic acids is 1. The number of rotatable bonds is 1. The van der Waals surface area contributed by atoms with Gasteiger partial charge in [-0.2, -0.15) is 0 Å². The van der Waals surface area contributed by atoms with E-state index in [2.05, 4.69) is 43.9 Å². The second-order valence-corrected chi connectivity index (χ2v) is 6.90. The standard InChI is InChI=1S/C17H23NO/c1-12(19)17(4)14-9-5-7-13-8-6-10-18(15(13)14)11-16(17,2)3/h5,7,9H,6,8,10-11H2,1-4H3. The van der Waals surface area contributed by atoms with E-state index in [4.69, 9.17) is 0 Å². The molecule has 1 unspecified atom stereocenters. The van der Waals surface area contributed by atoms with Crippen LogP contribution in [0.3, 0.4) is 0 Å². The summed E-state index contributed by atoms with van der Waals surface area (Å²) in [6, 6.07) is 6.52. The molecule has 1 aromatic rings. The van der Waals surface area contributed by atoms with Gasteiger partial charge in [0, 0.05) is 18.8 Å². The summed E-state index contributed by atoms with van der Waals surface area (Å²) in [7, 11) is 0. The first-order valence-corrected chi connectivity index (χ1v) is 7.26. The Morgan fingerprint density at radius 3 is 2.68 bits per heavy atom. The average Bonchev–Trinajstić information content (AvgIpc) is 2.35. The van der Waals surface area contributed by atoms with Gasteiger partial charge < -0.3 is 4.90 Å². The van der Waals surface area contributed by atoms with Crippen LogP contribution in [0.15, 0.2) is 18.2 Å². The average molecular weight is 257 g/mol. The fourth-order valence-electron chi connectivity index (χ4n) is 3.97. The van der Waals surface area contributed by atoms with E-state index in [1.54, 1.807) is 6.92 Å². The zero-order valence-corrected chi connectivity index (χ0v) is 12.4. The zero-order valence-electron chi connectivity index (χ0n) is 12.4. The van der Waals surface area contributed by atoms with Crippen molar-refractivity contribution < 1.29 is 4.79 Å². The lowest BCUT2D eigenvalue weighted by molar-refractivity contribution is -0.126. The Morgan fingerprint density at radius 1 is 1.26 bits per heavy atom. The third-order valence-corrected chi connectivity index (χ3v) is 5.49. The van der Waals surface area contributed by atoms with Gasteiger partial charge in [-0.3, -0.25) is 4.79 Å². The maximum atomic E-state index is 12.4. The molecule has 0 aromatic heterocycles. The summed E-state index contributed by atoms with van der Waals surface area (Å²) in [6.45, 7) is 10.5. The lowest BCUT2D eigenvalue weighted by Gasteiger charge is -2.53. The highest BCUT2D eigenvalue weighted by atomic mass is 16.1. The van der Waals surface area contributed by atoms with Gasteiger partial charge in [0.2, 0.25) is 0 Å². The quantitative estimate of drug-likeness (QED) is 0.769. The molecule has 2 heterocycles. The predicted molar refractivity (Wildman–Crippen MR) is 78.8 cm³/mol. The van der Waals surface area contributed by atoms with E-state index in [9.17, 15) is 4.79 Å². The monoisotopic (exact) mass is 257 g/mol. The van der Waals surface area contributed by atoms with Crippen LogP contribution in [-0.2, 0) is 16.6 Å². The molecule has 1 atom stereocenters. The van der Waals surface area contributed by atoms with Crippen molar-refractivity contribution in [2.75, 3.05) is 18.0 Å². The lowest BCUT2D eigenvalue weighted by Crippen LogP contribution is -2.56. The van der Waals surface area contributed by atoms with Crippen LogP contribution in [0.2, 0.25) is 0 Å². The topological polar surface area (TPSA) is 20.3 Å². The van der Waals surface area contributed by atoms with Crippen LogP contribution in [-0.4, -0.2) is 18.9 Å². The molecular weight excluding hydrogens is 234 g/mol. The van der Waals surface area contributed by atoms with Crippen LogP contribution in [0.4, 0.5) is 5.69 Å². The first-order valence-electron chi connectivity index (χ1n) is 7.26. The minimum atomic E-state index is -0.369. The molecule has 0 radical (unpaired) electrons. The largest absolute Gasteiger partial charge is 0.370 e. The van der Waals surface area contributed by atoms with E-state index < -0.39 is 0 Å². The van der Waals surface area contributed by atoms with Crippen molar-refractivity contribution in [2.45, 2.75) is 46.0 Å². The molecule has 19 heavy (non-hydrogen) atoms. The number of anilines is 1. The Hall–Kier alpha value is -1.31. The number of ketones is 1. The van der Waals surface area contributed by atoms with Gasteiger partial charge in [-0.1, -0.05) is 32.0 Å². The van der Waals surface area contributed by atoms with Crippen LogP contribution in [0.5, 0.6) is 0 Å². The van der Waals surface area contributed by atoms with Gasteiger partial charge >= 0.3 is 0 Å². The van der Waals surface area contributed by atoms with E-state index in [0.717, 1.165) is 19.5 Å². The number of hydrogen-bond acceptors (Lipinski definition) is 2. The maximum Gasteiger partial charge on any atom is 0.140 e.